The molecule has 1 heterocycles. The number of aryl methyl sites for hydroxylation is 1. The number of thioether (sulfide) groups is 1. The van der Waals surface area contributed by atoms with Gasteiger partial charge in [-0.05, 0) is 19.1 Å². The van der Waals surface area contributed by atoms with E-state index in [4.69, 9.17) is 0 Å². The monoisotopic (exact) mass is 288 g/mol. The van der Waals surface area contributed by atoms with Crippen LogP contribution in [0.15, 0.2) is 22.5 Å². The molecule has 0 bridgehead atoms. The van der Waals surface area contributed by atoms with Gasteiger partial charge in [-0.2, -0.15) is 0 Å². The highest BCUT2D eigenvalue weighted by Crippen LogP contribution is 2.29. The summed E-state index contributed by atoms with van der Waals surface area (Å²) in [6.07, 6.45) is -1.21. The fraction of sp³-hybridized carbons (Fsp3) is 0.273. The fourth-order valence-corrected chi connectivity index (χ4v) is 3.18. The van der Waals surface area contributed by atoms with E-state index in [1.807, 2.05) is 6.92 Å². The van der Waals surface area contributed by atoms with Crippen molar-refractivity contribution in [2.24, 2.45) is 0 Å². The van der Waals surface area contributed by atoms with Gasteiger partial charge < -0.3 is 5.11 Å². The second-order valence-electron chi connectivity index (χ2n) is 3.55. The third-order valence-corrected chi connectivity index (χ3v) is 4.25. The molecule has 2 rings (SSSR count). The maximum absolute atomic E-state index is 13.4. The van der Waals surface area contributed by atoms with Gasteiger partial charge in [0, 0.05) is 5.75 Å². The second kappa shape index (κ2) is 5.73. The molecule has 0 amide bonds. The molecule has 0 fully saturated rings. The average molecular weight is 288 g/mol. The number of rotatable bonds is 4. The molecule has 0 aliphatic heterocycles. The minimum Gasteiger partial charge on any atom is -0.387 e. The number of aliphatic hydroxyl groups is 1. The molecule has 0 spiro atoms. The van der Waals surface area contributed by atoms with E-state index in [1.165, 1.54) is 29.2 Å². The van der Waals surface area contributed by atoms with Gasteiger partial charge in [-0.25, -0.2) is 8.78 Å². The van der Waals surface area contributed by atoms with E-state index in [1.54, 1.807) is 0 Å². The van der Waals surface area contributed by atoms with E-state index in [9.17, 15) is 13.9 Å². The summed E-state index contributed by atoms with van der Waals surface area (Å²) in [5.41, 5.74) is -0.300. The van der Waals surface area contributed by atoms with Crippen LogP contribution in [0.2, 0.25) is 0 Å². The molecule has 1 atom stereocenters. The van der Waals surface area contributed by atoms with Crippen LogP contribution in [0, 0.1) is 18.6 Å². The zero-order valence-corrected chi connectivity index (χ0v) is 11.1. The molecule has 1 aromatic heterocycles. The Bertz CT molecular complexity index is 527. The van der Waals surface area contributed by atoms with Crippen molar-refractivity contribution in [3.05, 3.63) is 40.4 Å². The summed E-state index contributed by atoms with van der Waals surface area (Å²) in [4.78, 5) is 0. The third kappa shape index (κ3) is 3.04. The number of aliphatic hydroxyl groups excluding tert-OH is 1. The summed E-state index contributed by atoms with van der Waals surface area (Å²) in [5.74, 6) is -1.35. The van der Waals surface area contributed by atoms with Gasteiger partial charge in [0.25, 0.3) is 0 Å². The summed E-state index contributed by atoms with van der Waals surface area (Å²) in [5, 5.41) is 18.3. The Morgan fingerprint density at radius 2 is 2.00 bits per heavy atom. The van der Waals surface area contributed by atoms with Crippen LogP contribution in [0.3, 0.4) is 0 Å². The Hall–Kier alpha value is -1.05. The smallest absolute Gasteiger partial charge is 0.174 e. The molecule has 96 valence electrons. The molecule has 0 unspecified atom stereocenters. The highest BCUT2D eigenvalue weighted by Gasteiger charge is 2.18. The lowest BCUT2D eigenvalue weighted by Crippen LogP contribution is -2.06. The van der Waals surface area contributed by atoms with Crippen LogP contribution < -0.4 is 0 Å². The molecule has 18 heavy (non-hydrogen) atoms. The highest BCUT2D eigenvalue weighted by atomic mass is 32.2. The lowest BCUT2D eigenvalue weighted by Gasteiger charge is -2.11. The molecule has 1 aromatic carbocycles. The highest BCUT2D eigenvalue weighted by molar-refractivity contribution is 8.01. The predicted octanol–water partition coefficient (Wildman–Crippen LogP) is 2.95. The molecule has 2 aromatic rings. The number of aromatic nitrogens is 2. The molecule has 0 saturated carbocycles. The third-order valence-electron chi connectivity index (χ3n) is 2.21. The molecule has 0 radical (unpaired) electrons. The Balaban J connectivity index is 2.06. The summed E-state index contributed by atoms with van der Waals surface area (Å²) < 4.78 is 27.5. The maximum atomic E-state index is 13.4. The van der Waals surface area contributed by atoms with E-state index >= 15 is 0 Å². The lowest BCUT2D eigenvalue weighted by molar-refractivity contribution is 0.193. The summed E-state index contributed by atoms with van der Waals surface area (Å²) >= 11 is 2.60. The first kappa shape index (κ1) is 13.4. The topological polar surface area (TPSA) is 46.0 Å². The Kier molecular flexibility index (Phi) is 4.26. The van der Waals surface area contributed by atoms with Gasteiger partial charge in [0.1, 0.15) is 16.6 Å². The predicted molar refractivity (Wildman–Crippen MR) is 66.7 cm³/mol. The van der Waals surface area contributed by atoms with Crippen LogP contribution in [0.4, 0.5) is 8.78 Å². The largest absolute Gasteiger partial charge is 0.387 e. The zero-order valence-electron chi connectivity index (χ0n) is 9.43. The molecule has 0 aliphatic rings. The minimum absolute atomic E-state index is 0.131. The van der Waals surface area contributed by atoms with E-state index in [0.29, 0.717) is 4.34 Å². The van der Waals surface area contributed by atoms with Crippen molar-refractivity contribution in [2.45, 2.75) is 17.4 Å². The van der Waals surface area contributed by atoms with E-state index in [-0.39, 0.29) is 11.3 Å². The van der Waals surface area contributed by atoms with E-state index < -0.39 is 17.7 Å². The van der Waals surface area contributed by atoms with E-state index in [2.05, 4.69) is 10.2 Å². The van der Waals surface area contributed by atoms with Gasteiger partial charge >= 0.3 is 0 Å². The Morgan fingerprint density at radius 1 is 1.33 bits per heavy atom. The SMILES string of the molecule is Cc1nnc(SC[C@@H](O)c2c(F)cccc2F)s1. The fourth-order valence-electron chi connectivity index (χ4n) is 1.40. The first-order chi connectivity index (χ1) is 8.58. The normalized spacial score (nSPS) is 12.7. The molecule has 0 saturated heterocycles. The molecule has 7 heteroatoms. The molecule has 3 nitrogen and oxygen atoms in total. The first-order valence-electron chi connectivity index (χ1n) is 5.13. The standard InChI is InChI=1S/C11H10F2N2OS2/c1-6-14-15-11(18-6)17-5-9(16)10-7(12)3-2-4-8(10)13/h2-4,9,16H,5H2,1H3/t9-/m1/s1. The van der Waals surface area contributed by atoms with Crippen LogP contribution in [0.25, 0.3) is 0 Å². The molecular formula is C11H10F2N2OS2. The molecular weight excluding hydrogens is 278 g/mol. The summed E-state index contributed by atoms with van der Waals surface area (Å²) in [6, 6.07) is 3.52. The van der Waals surface area contributed by atoms with E-state index in [0.717, 1.165) is 17.1 Å². The molecule has 1 N–H and O–H groups in total. The van der Waals surface area contributed by atoms with Crippen LogP contribution in [-0.4, -0.2) is 21.1 Å². The van der Waals surface area contributed by atoms with Crippen LogP contribution in [0.1, 0.15) is 16.7 Å². The average Bonchev–Trinajstić information content (AvgIpc) is 2.72. The first-order valence-corrected chi connectivity index (χ1v) is 6.93. The van der Waals surface area contributed by atoms with Gasteiger partial charge in [-0.1, -0.05) is 29.2 Å². The van der Waals surface area contributed by atoms with Crippen LogP contribution in [-0.2, 0) is 0 Å². The van der Waals surface area contributed by atoms with Crippen LogP contribution >= 0.6 is 23.1 Å². The van der Waals surface area contributed by atoms with Gasteiger partial charge in [-0.3, -0.25) is 0 Å². The quantitative estimate of drug-likeness (QED) is 0.879. The van der Waals surface area contributed by atoms with Crippen molar-refractivity contribution in [3.63, 3.8) is 0 Å². The van der Waals surface area contributed by atoms with Crippen molar-refractivity contribution in [1.82, 2.24) is 10.2 Å². The maximum Gasteiger partial charge on any atom is 0.174 e. The van der Waals surface area contributed by atoms with Gasteiger partial charge in [-0.15, -0.1) is 10.2 Å². The number of benzene rings is 1. The van der Waals surface area contributed by atoms with Gasteiger partial charge in [0.15, 0.2) is 4.34 Å². The Morgan fingerprint density at radius 3 is 2.56 bits per heavy atom. The number of hydrogen-bond donors (Lipinski definition) is 1. The number of nitrogens with zero attached hydrogens (tertiary/aromatic N) is 2. The minimum atomic E-state index is -1.21. The van der Waals surface area contributed by atoms with Crippen molar-refractivity contribution in [2.75, 3.05) is 5.75 Å². The van der Waals surface area contributed by atoms with Gasteiger partial charge in [0.2, 0.25) is 0 Å². The molecule has 0 aliphatic carbocycles. The second-order valence-corrected chi connectivity index (χ2v) is 6.00. The number of halogens is 2. The van der Waals surface area contributed by atoms with Crippen LogP contribution in [0.5, 0.6) is 0 Å². The summed E-state index contributed by atoms with van der Waals surface area (Å²) in [6.45, 7) is 1.81. The van der Waals surface area contributed by atoms with Gasteiger partial charge in [0.05, 0.1) is 11.7 Å². The number of hydrogen-bond acceptors (Lipinski definition) is 5. The Labute approximate surface area is 111 Å². The lowest BCUT2D eigenvalue weighted by atomic mass is 10.1. The van der Waals surface area contributed by atoms with Crippen molar-refractivity contribution in [1.29, 1.82) is 0 Å². The van der Waals surface area contributed by atoms with Crippen molar-refractivity contribution in [3.8, 4) is 0 Å². The van der Waals surface area contributed by atoms with Crippen molar-refractivity contribution < 1.29 is 13.9 Å². The summed E-state index contributed by atoms with van der Waals surface area (Å²) in [7, 11) is 0. The van der Waals surface area contributed by atoms with Crippen molar-refractivity contribution >= 4 is 23.1 Å². The zero-order chi connectivity index (χ0) is 13.1.